The lowest BCUT2D eigenvalue weighted by Gasteiger charge is -2.19. The van der Waals surface area contributed by atoms with Gasteiger partial charge >= 0.3 is 0 Å². The molecule has 86 valence electrons. The molecule has 0 unspecified atom stereocenters. The van der Waals surface area contributed by atoms with E-state index in [1.165, 1.54) is 9.75 Å². The van der Waals surface area contributed by atoms with E-state index in [9.17, 15) is 0 Å². The zero-order chi connectivity index (χ0) is 11.8. The molecule has 0 aliphatic carbocycles. The first-order valence-corrected chi connectivity index (χ1v) is 6.94. The highest BCUT2D eigenvalue weighted by molar-refractivity contribution is 7.16. The van der Waals surface area contributed by atoms with Crippen LogP contribution in [0, 0.1) is 6.92 Å². The number of aromatic nitrogens is 1. The van der Waals surface area contributed by atoms with Gasteiger partial charge in [-0.3, -0.25) is 0 Å². The summed E-state index contributed by atoms with van der Waals surface area (Å²) in [5.41, 5.74) is 1.15. The van der Waals surface area contributed by atoms with Crippen LogP contribution in [0.2, 0.25) is 0 Å². The molecule has 2 rings (SSSR count). The van der Waals surface area contributed by atoms with Crippen LogP contribution in [0.5, 0.6) is 0 Å². The van der Waals surface area contributed by atoms with Crippen LogP contribution < -0.4 is 5.32 Å². The van der Waals surface area contributed by atoms with Crippen molar-refractivity contribution in [1.82, 2.24) is 4.98 Å². The van der Waals surface area contributed by atoms with E-state index >= 15 is 0 Å². The molecule has 1 N–H and O–H groups in total. The van der Waals surface area contributed by atoms with Crippen LogP contribution >= 0.6 is 22.7 Å². The van der Waals surface area contributed by atoms with Gasteiger partial charge in [-0.05, 0) is 39.8 Å². The van der Waals surface area contributed by atoms with Gasteiger partial charge in [-0.25, -0.2) is 4.98 Å². The van der Waals surface area contributed by atoms with E-state index in [0.29, 0.717) is 0 Å². The molecule has 0 atom stereocenters. The normalized spacial score (nSPS) is 11.8. The molecule has 2 heterocycles. The summed E-state index contributed by atoms with van der Waals surface area (Å²) in [5.74, 6) is 0. The minimum Gasteiger partial charge on any atom is -0.357 e. The third-order valence-corrected chi connectivity index (χ3v) is 3.76. The number of aryl methyl sites for hydroxylation is 1. The van der Waals surface area contributed by atoms with Gasteiger partial charge in [0, 0.05) is 15.8 Å². The monoisotopic (exact) mass is 252 g/mol. The Morgan fingerprint density at radius 3 is 2.56 bits per heavy atom. The van der Waals surface area contributed by atoms with Crippen molar-refractivity contribution in [1.29, 1.82) is 0 Å². The highest BCUT2D eigenvalue weighted by Gasteiger charge is 2.13. The SMILES string of the molecule is Cc1ccc(-c2csc(NC(C)(C)C)n2)s1. The molecule has 0 fully saturated rings. The Labute approximate surface area is 104 Å². The molecule has 0 bridgehead atoms. The Morgan fingerprint density at radius 2 is 2.00 bits per heavy atom. The summed E-state index contributed by atoms with van der Waals surface area (Å²) in [6, 6.07) is 4.27. The van der Waals surface area contributed by atoms with Crippen molar-refractivity contribution < 1.29 is 0 Å². The number of rotatable bonds is 2. The molecule has 0 aliphatic rings. The maximum Gasteiger partial charge on any atom is 0.183 e. The molecule has 0 amide bonds. The van der Waals surface area contributed by atoms with Crippen molar-refractivity contribution in [3.05, 3.63) is 22.4 Å². The van der Waals surface area contributed by atoms with Gasteiger partial charge in [-0.1, -0.05) is 0 Å². The third-order valence-electron chi connectivity index (χ3n) is 1.98. The van der Waals surface area contributed by atoms with Gasteiger partial charge in [0.15, 0.2) is 5.13 Å². The maximum absolute atomic E-state index is 4.60. The molecule has 2 aromatic heterocycles. The lowest BCUT2D eigenvalue weighted by Crippen LogP contribution is -2.25. The molecule has 0 radical (unpaired) electrons. The van der Waals surface area contributed by atoms with Gasteiger partial charge in [-0.2, -0.15) is 0 Å². The molecular weight excluding hydrogens is 236 g/mol. The molecule has 0 saturated carbocycles. The van der Waals surface area contributed by atoms with Crippen molar-refractivity contribution in [2.24, 2.45) is 0 Å². The largest absolute Gasteiger partial charge is 0.357 e. The lowest BCUT2D eigenvalue weighted by molar-refractivity contribution is 0.633. The van der Waals surface area contributed by atoms with E-state index in [4.69, 9.17) is 0 Å². The van der Waals surface area contributed by atoms with Gasteiger partial charge in [-0.15, -0.1) is 22.7 Å². The topological polar surface area (TPSA) is 24.9 Å². The molecule has 16 heavy (non-hydrogen) atoms. The van der Waals surface area contributed by atoms with Gasteiger partial charge in [0.2, 0.25) is 0 Å². The number of anilines is 1. The van der Waals surface area contributed by atoms with E-state index in [1.807, 2.05) is 0 Å². The van der Waals surface area contributed by atoms with Crippen LogP contribution in [-0.4, -0.2) is 10.5 Å². The fraction of sp³-hybridized carbons (Fsp3) is 0.417. The first-order valence-electron chi connectivity index (χ1n) is 5.24. The molecule has 0 aliphatic heterocycles. The second kappa shape index (κ2) is 4.18. The summed E-state index contributed by atoms with van der Waals surface area (Å²) in [6.45, 7) is 8.55. The molecule has 2 aromatic rings. The highest BCUT2D eigenvalue weighted by atomic mass is 32.1. The quantitative estimate of drug-likeness (QED) is 0.857. The minimum atomic E-state index is 0.0699. The Balaban J connectivity index is 2.20. The number of thiazole rings is 1. The summed E-state index contributed by atoms with van der Waals surface area (Å²) < 4.78 is 0. The number of hydrogen-bond donors (Lipinski definition) is 1. The molecular formula is C12H16N2S2. The Kier molecular flexibility index (Phi) is 3.04. The number of nitrogens with one attached hydrogen (secondary N) is 1. The summed E-state index contributed by atoms with van der Waals surface area (Å²) in [7, 11) is 0. The molecule has 4 heteroatoms. The number of nitrogens with zero attached hydrogens (tertiary/aromatic N) is 1. The minimum absolute atomic E-state index is 0.0699. The van der Waals surface area contributed by atoms with Crippen LogP contribution in [0.1, 0.15) is 25.6 Å². The molecule has 0 spiro atoms. The molecule has 0 saturated heterocycles. The van der Waals surface area contributed by atoms with E-state index in [0.717, 1.165) is 10.8 Å². The van der Waals surface area contributed by atoms with Crippen LogP contribution in [0.15, 0.2) is 17.5 Å². The van der Waals surface area contributed by atoms with Crippen LogP contribution in [0.25, 0.3) is 10.6 Å². The Hall–Kier alpha value is -0.870. The van der Waals surface area contributed by atoms with Crippen molar-refractivity contribution in [3.63, 3.8) is 0 Å². The van der Waals surface area contributed by atoms with Crippen molar-refractivity contribution >= 4 is 27.8 Å². The van der Waals surface area contributed by atoms with Gasteiger partial charge in [0.1, 0.15) is 0 Å². The van der Waals surface area contributed by atoms with Gasteiger partial charge in [0.25, 0.3) is 0 Å². The Morgan fingerprint density at radius 1 is 1.25 bits per heavy atom. The van der Waals surface area contributed by atoms with Crippen LogP contribution in [-0.2, 0) is 0 Å². The zero-order valence-electron chi connectivity index (χ0n) is 10.00. The first kappa shape index (κ1) is 11.6. The van der Waals surface area contributed by atoms with Crippen LogP contribution in [0.4, 0.5) is 5.13 Å². The van der Waals surface area contributed by atoms with Crippen molar-refractivity contribution in [2.45, 2.75) is 33.2 Å². The second-order valence-electron chi connectivity index (χ2n) is 4.82. The summed E-state index contributed by atoms with van der Waals surface area (Å²) >= 11 is 3.45. The maximum atomic E-state index is 4.60. The highest BCUT2D eigenvalue weighted by Crippen LogP contribution is 2.31. The zero-order valence-corrected chi connectivity index (χ0v) is 11.6. The number of thiophene rings is 1. The predicted molar refractivity (Wildman–Crippen MR) is 73.5 cm³/mol. The fourth-order valence-electron chi connectivity index (χ4n) is 1.34. The molecule has 0 aromatic carbocycles. The summed E-state index contributed by atoms with van der Waals surface area (Å²) in [5, 5.41) is 6.49. The Bertz CT molecular complexity index is 477. The van der Waals surface area contributed by atoms with Gasteiger partial charge < -0.3 is 5.32 Å². The van der Waals surface area contributed by atoms with E-state index in [2.05, 4.69) is 55.5 Å². The predicted octanol–water partition coefficient (Wildman–Crippen LogP) is 4.39. The van der Waals surface area contributed by atoms with Gasteiger partial charge in [0.05, 0.1) is 10.6 Å². The van der Waals surface area contributed by atoms with E-state index < -0.39 is 0 Å². The summed E-state index contributed by atoms with van der Waals surface area (Å²) in [6.07, 6.45) is 0. The second-order valence-corrected chi connectivity index (χ2v) is 6.97. The van der Waals surface area contributed by atoms with E-state index in [1.54, 1.807) is 22.7 Å². The average Bonchev–Trinajstić information content (AvgIpc) is 2.71. The van der Waals surface area contributed by atoms with Crippen molar-refractivity contribution in [2.75, 3.05) is 5.32 Å². The van der Waals surface area contributed by atoms with E-state index in [-0.39, 0.29) is 5.54 Å². The lowest BCUT2D eigenvalue weighted by atomic mass is 10.1. The third kappa shape index (κ3) is 2.83. The standard InChI is InChI=1S/C12H16N2S2/c1-8-5-6-10(16-8)9-7-15-11(13-9)14-12(2,3)4/h5-7H,1-4H3,(H,13,14). The smallest absolute Gasteiger partial charge is 0.183 e. The number of hydrogen-bond acceptors (Lipinski definition) is 4. The van der Waals surface area contributed by atoms with Crippen molar-refractivity contribution in [3.8, 4) is 10.6 Å². The fourth-order valence-corrected chi connectivity index (χ4v) is 3.16. The first-order chi connectivity index (χ1) is 7.44. The average molecular weight is 252 g/mol. The van der Waals surface area contributed by atoms with Crippen LogP contribution in [0.3, 0.4) is 0 Å². The summed E-state index contributed by atoms with van der Waals surface area (Å²) in [4.78, 5) is 7.17. The molecule has 2 nitrogen and oxygen atoms in total.